The first-order valence-electron chi connectivity index (χ1n) is 8.43. The summed E-state index contributed by atoms with van der Waals surface area (Å²) in [4.78, 5) is 23.5. The number of hydrogen-bond acceptors (Lipinski definition) is 6. The van der Waals surface area contributed by atoms with Gasteiger partial charge in [0, 0.05) is 42.0 Å². The predicted molar refractivity (Wildman–Crippen MR) is 104 cm³/mol. The summed E-state index contributed by atoms with van der Waals surface area (Å²) >= 11 is 0. The fraction of sp³-hybridized carbons (Fsp3) is 0.300. The number of hydrogen-bond donors (Lipinski definition) is 2. The lowest BCUT2D eigenvalue weighted by atomic mass is 10.1. The Morgan fingerprint density at radius 2 is 1.48 bits per heavy atom. The highest BCUT2D eigenvalue weighted by atomic mass is 16.5. The van der Waals surface area contributed by atoms with E-state index in [0.717, 1.165) is 5.69 Å². The van der Waals surface area contributed by atoms with Crippen LogP contribution in [-0.2, 0) is 4.79 Å². The molecular weight excluding hydrogens is 348 g/mol. The van der Waals surface area contributed by atoms with Gasteiger partial charge in [0.1, 0.15) is 0 Å². The minimum atomic E-state index is -0.155. The van der Waals surface area contributed by atoms with Crippen molar-refractivity contribution >= 4 is 23.1 Å². The molecular formula is C20H24N2O5. The van der Waals surface area contributed by atoms with E-state index >= 15 is 0 Å². The van der Waals surface area contributed by atoms with E-state index < -0.39 is 0 Å². The summed E-state index contributed by atoms with van der Waals surface area (Å²) in [6.45, 7) is 1.98. The number of amides is 1. The van der Waals surface area contributed by atoms with Gasteiger partial charge < -0.3 is 24.8 Å². The Hall–Kier alpha value is -3.22. The first-order valence-corrected chi connectivity index (χ1v) is 8.43. The number of Topliss-reactive ketones (excluding diaryl/α,β-unsaturated/α-hetero) is 1. The standard InChI is InChI=1S/C20H24N2O5/c1-13(23)14-5-7-15(8-6-14)21-10-9-19(24)22-16-11-17(25-2)20(27-4)18(12-16)26-3/h5-8,11-12,21H,9-10H2,1-4H3,(H,22,24). The Kier molecular flexibility index (Phi) is 7.05. The zero-order chi connectivity index (χ0) is 19.8. The fourth-order valence-corrected chi connectivity index (χ4v) is 2.52. The van der Waals surface area contributed by atoms with Gasteiger partial charge in [-0.15, -0.1) is 0 Å². The number of ether oxygens (including phenoxy) is 3. The highest BCUT2D eigenvalue weighted by Gasteiger charge is 2.14. The van der Waals surface area contributed by atoms with Gasteiger partial charge in [-0.2, -0.15) is 0 Å². The Morgan fingerprint density at radius 1 is 0.889 bits per heavy atom. The maximum Gasteiger partial charge on any atom is 0.226 e. The molecule has 2 rings (SSSR count). The van der Waals surface area contributed by atoms with Crippen LogP contribution in [0.15, 0.2) is 36.4 Å². The molecule has 0 bridgehead atoms. The molecule has 27 heavy (non-hydrogen) atoms. The minimum Gasteiger partial charge on any atom is -0.493 e. The van der Waals surface area contributed by atoms with Crippen molar-refractivity contribution in [2.75, 3.05) is 38.5 Å². The number of rotatable bonds is 9. The number of methoxy groups -OCH3 is 3. The molecule has 0 aliphatic rings. The Morgan fingerprint density at radius 3 is 1.96 bits per heavy atom. The molecule has 0 heterocycles. The molecule has 0 aliphatic carbocycles. The Labute approximate surface area is 158 Å². The van der Waals surface area contributed by atoms with E-state index in [-0.39, 0.29) is 18.1 Å². The summed E-state index contributed by atoms with van der Waals surface area (Å²) in [5, 5.41) is 5.96. The molecule has 1 amide bonds. The average molecular weight is 372 g/mol. The van der Waals surface area contributed by atoms with E-state index in [0.29, 0.717) is 35.0 Å². The number of carbonyl (C=O) groups excluding carboxylic acids is 2. The summed E-state index contributed by atoms with van der Waals surface area (Å²) < 4.78 is 15.8. The molecule has 2 N–H and O–H groups in total. The zero-order valence-electron chi connectivity index (χ0n) is 15.9. The van der Waals surface area contributed by atoms with Gasteiger partial charge in [-0.05, 0) is 31.2 Å². The van der Waals surface area contributed by atoms with Gasteiger partial charge in [0.2, 0.25) is 11.7 Å². The van der Waals surface area contributed by atoms with Crippen LogP contribution in [0.4, 0.5) is 11.4 Å². The van der Waals surface area contributed by atoms with E-state index in [2.05, 4.69) is 10.6 Å². The summed E-state index contributed by atoms with van der Waals surface area (Å²) in [7, 11) is 4.56. The molecule has 2 aromatic rings. The molecule has 7 nitrogen and oxygen atoms in total. The lowest BCUT2D eigenvalue weighted by Gasteiger charge is -2.14. The lowest BCUT2D eigenvalue weighted by molar-refractivity contribution is -0.115. The Balaban J connectivity index is 1.92. The third kappa shape index (κ3) is 5.37. The molecule has 7 heteroatoms. The van der Waals surface area contributed by atoms with Crippen LogP contribution in [0.1, 0.15) is 23.7 Å². The van der Waals surface area contributed by atoms with Crippen molar-refractivity contribution in [2.45, 2.75) is 13.3 Å². The van der Waals surface area contributed by atoms with E-state index in [1.54, 1.807) is 24.3 Å². The van der Waals surface area contributed by atoms with Gasteiger partial charge in [0.25, 0.3) is 0 Å². The predicted octanol–water partition coefficient (Wildman–Crippen LogP) is 3.36. The number of nitrogens with one attached hydrogen (secondary N) is 2. The third-order valence-corrected chi connectivity index (χ3v) is 3.92. The minimum absolute atomic E-state index is 0.0197. The second-order valence-electron chi connectivity index (χ2n) is 5.77. The highest BCUT2D eigenvalue weighted by molar-refractivity contribution is 5.94. The topological polar surface area (TPSA) is 85.9 Å². The van der Waals surface area contributed by atoms with Gasteiger partial charge in [0.15, 0.2) is 17.3 Å². The average Bonchev–Trinajstić information content (AvgIpc) is 2.67. The van der Waals surface area contributed by atoms with Crippen molar-refractivity contribution in [3.63, 3.8) is 0 Å². The van der Waals surface area contributed by atoms with Gasteiger partial charge in [-0.3, -0.25) is 9.59 Å². The Bertz CT molecular complexity index is 778. The summed E-state index contributed by atoms with van der Waals surface area (Å²) in [6, 6.07) is 10.5. The van der Waals surface area contributed by atoms with Crippen LogP contribution in [0, 0.1) is 0 Å². The maximum atomic E-state index is 12.2. The van der Waals surface area contributed by atoms with E-state index in [4.69, 9.17) is 14.2 Å². The molecule has 0 saturated heterocycles. The summed E-state index contributed by atoms with van der Waals surface area (Å²) in [6.07, 6.45) is 0.269. The number of ketones is 1. The fourth-order valence-electron chi connectivity index (χ4n) is 2.52. The highest BCUT2D eigenvalue weighted by Crippen LogP contribution is 2.39. The maximum absolute atomic E-state index is 12.2. The van der Waals surface area contributed by atoms with Gasteiger partial charge in [0.05, 0.1) is 21.3 Å². The normalized spacial score (nSPS) is 10.1. The number of anilines is 2. The lowest BCUT2D eigenvalue weighted by Crippen LogP contribution is -2.16. The van der Waals surface area contributed by atoms with Crippen LogP contribution < -0.4 is 24.8 Å². The van der Waals surface area contributed by atoms with Gasteiger partial charge in [-0.25, -0.2) is 0 Å². The monoisotopic (exact) mass is 372 g/mol. The largest absolute Gasteiger partial charge is 0.493 e. The molecule has 0 saturated carbocycles. The van der Waals surface area contributed by atoms with Crippen LogP contribution in [0.3, 0.4) is 0 Å². The third-order valence-electron chi connectivity index (χ3n) is 3.92. The van der Waals surface area contributed by atoms with Crippen molar-refractivity contribution in [3.8, 4) is 17.2 Å². The second-order valence-corrected chi connectivity index (χ2v) is 5.77. The molecule has 0 radical (unpaired) electrons. The molecule has 2 aromatic carbocycles. The quantitative estimate of drug-likeness (QED) is 0.657. The van der Waals surface area contributed by atoms with Crippen LogP contribution in [0.25, 0.3) is 0 Å². The summed E-state index contributed by atoms with van der Waals surface area (Å²) in [5.41, 5.74) is 2.06. The van der Waals surface area contributed by atoms with Crippen LogP contribution in [0.2, 0.25) is 0 Å². The number of benzene rings is 2. The first kappa shape index (κ1) is 20.1. The SMILES string of the molecule is COc1cc(NC(=O)CCNc2ccc(C(C)=O)cc2)cc(OC)c1OC. The molecule has 0 aliphatic heterocycles. The van der Waals surface area contributed by atoms with Crippen molar-refractivity contribution in [3.05, 3.63) is 42.0 Å². The smallest absolute Gasteiger partial charge is 0.226 e. The summed E-state index contributed by atoms with van der Waals surface area (Å²) in [5.74, 6) is 1.27. The first-order chi connectivity index (χ1) is 13.0. The van der Waals surface area contributed by atoms with Crippen molar-refractivity contribution in [1.29, 1.82) is 0 Å². The second kappa shape index (κ2) is 9.47. The molecule has 0 unspecified atom stereocenters. The van der Waals surface area contributed by atoms with Gasteiger partial charge >= 0.3 is 0 Å². The number of carbonyl (C=O) groups is 2. The van der Waals surface area contributed by atoms with E-state index in [9.17, 15) is 9.59 Å². The van der Waals surface area contributed by atoms with Gasteiger partial charge in [-0.1, -0.05) is 0 Å². The van der Waals surface area contributed by atoms with Crippen molar-refractivity contribution in [1.82, 2.24) is 0 Å². The van der Waals surface area contributed by atoms with Crippen LogP contribution in [-0.4, -0.2) is 39.6 Å². The van der Waals surface area contributed by atoms with Crippen LogP contribution >= 0.6 is 0 Å². The molecule has 0 aromatic heterocycles. The molecule has 0 atom stereocenters. The molecule has 144 valence electrons. The van der Waals surface area contributed by atoms with E-state index in [1.807, 2.05) is 12.1 Å². The van der Waals surface area contributed by atoms with Crippen molar-refractivity contribution in [2.24, 2.45) is 0 Å². The van der Waals surface area contributed by atoms with Crippen molar-refractivity contribution < 1.29 is 23.8 Å². The van der Waals surface area contributed by atoms with E-state index in [1.165, 1.54) is 28.3 Å². The zero-order valence-corrected chi connectivity index (χ0v) is 15.9. The van der Waals surface area contributed by atoms with Crippen LogP contribution in [0.5, 0.6) is 17.2 Å². The molecule has 0 fully saturated rings. The molecule has 0 spiro atoms.